The zero-order chi connectivity index (χ0) is 22.2. The number of halogens is 3. The highest BCUT2D eigenvalue weighted by Crippen LogP contribution is 2.35. The molecule has 0 atom stereocenters. The zero-order valence-corrected chi connectivity index (χ0v) is 15.7. The third-order valence-electron chi connectivity index (χ3n) is 4.53. The number of ether oxygens (including phenoxy) is 3. The number of hydrogen-bond acceptors (Lipinski definition) is 5. The Labute approximate surface area is 172 Å². The van der Waals surface area contributed by atoms with Gasteiger partial charge in [-0.3, -0.25) is 9.89 Å². The summed E-state index contributed by atoms with van der Waals surface area (Å²) in [5, 5.41) is 10.8. The Kier molecular flexibility index (Phi) is 5.09. The molecule has 2 aromatic carbocycles. The molecule has 4 rings (SSSR count). The monoisotopic (exact) mass is 436 g/mol. The second-order valence-corrected chi connectivity index (χ2v) is 6.65. The lowest BCUT2D eigenvalue weighted by atomic mass is 10.0. The lowest BCUT2D eigenvalue weighted by Gasteiger charge is -2.08. The van der Waals surface area contributed by atoms with Gasteiger partial charge in [0.15, 0.2) is 18.1 Å². The summed E-state index contributed by atoms with van der Waals surface area (Å²) in [6.07, 6.45) is -5.09. The number of carboxylic acid groups (broad SMARTS) is 1. The van der Waals surface area contributed by atoms with E-state index in [-0.39, 0.29) is 24.7 Å². The average molecular weight is 436 g/mol. The van der Waals surface area contributed by atoms with Crippen molar-refractivity contribution in [3.8, 4) is 22.9 Å². The number of carbonyl (C=O) groups is 1. The van der Waals surface area contributed by atoms with E-state index in [2.05, 4.69) is 5.10 Å². The van der Waals surface area contributed by atoms with E-state index in [0.29, 0.717) is 17.1 Å². The Bertz CT molecular complexity index is 1200. The van der Waals surface area contributed by atoms with Crippen molar-refractivity contribution in [1.29, 1.82) is 0 Å². The molecular formula is C20H15F3N2O6. The number of H-pyrrole nitrogens is 1. The second-order valence-electron chi connectivity index (χ2n) is 6.65. The predicted octanol–water partition coefficient (Wildman–Crippen LogP) is 2.97. The first kappa shape index (κ1) is 20.4. The third kappa shape index (κ3) is 4.20. The summed E-state index contributed by atoms with van der Waals surface area (Å²) in [4.78, 5) is 23.5. The van der Waals surface area contributed by atoms with E-state index in [1.165, 1.54) is 30.3 Å². The highest BCUT2D eigenvalue weighted by molar-refractivity contribution is 5.68. The van der Waals surface area contributed by atoms with Crippen molar-refractivity contribution in [1.82, 2.24) is 9.78 Å². The Hall–Kier alpha value is -3.89. The minimum atomic E-state index is -4.80. The Morgan fingerprint density at radius 2 is 1.94 bits per heavy atom. The summed E-state index contributed by atoms with van der Waals surface area (Å²) in [5.41, 5.74) is -2.03. The number of aromatic nitrogens is 2. The lowest BCUT2D eigenvalue weighted by Crippen LogP contribution is -2.18. The fourth-order valence-corrected chi connectivity index (χ4v) is 3.16. The van der Waals surface area contributed by atoms with Gasteiger partial charge >= 0.3 is 12.1 Å². The molecule has 0 spiro atoms. The summed E-state index contributed by atoms with van der Waals surface area (Å²) in [6, 6.07) is 10.2. The van der Waals surface area contributed by atoms with Crippen molar-refractivity contribution in [2.75, 3.05) is 13.4 Å². The van der Waals surface area contributed by atoms with E-state index in [9.17, 15) is 22.8 Å². The smallest absolute Gasteiger partial charge is 0.433 e. The van der Waals surface area contributed by atoms with Crippen molar-refractivity contribution in [3.05, 3.63) is 69.6 Å². The molecule has 0 unspecified atom stereocenters. The lowest BCUT2D eigenvalue weighted by molar-refractivity contribution is -0.142. The van der Waals surface area contributed by atoms with Gasteiger partial charge in [0.2, 0.25) is 6.79 Å². The van der Waals surface area contributed by atoms with Gasteiger partial charge in [-0.1, -0.05) is 12.1 Å². The van der Waals surface area contributed by atoms with Gasteiger partial charge in [0.05, 0.1) is 11.3 Å². The molecule has 31 heavy (non-hydrogen) atoms. The molecule has 1 aliphatic heterocycles. The van der Waals surface area contributed by atoms with Gasteiger partial charge < -0.3 is 19.3 Å². The molecule has 3 aromatic rings. The topological polar surface area (TPSA) is 103 Å². The van der Waals surface area contributed by atoms with Crippen LogP contribution in [0, 0.1) is 0 Å². The van der Waals surface area contributed by atoms with E-state index in [1.807, 2.05) is 0 Å². The van der Waals surface area contributed by atoms with E-state index in [4.69, 9.17) is 19.3 Å². The van der Waals surface area contributed by atoms with Crippen LogP contribution in [0.25, 0.3) is 5.69 Å². The van der Waals surface area contributed by atoms with Crippen molar-refractivity contribution in [3.63, 3.8) is 0 Å². The van der Waals surface area contributed by atoms with E-state index in [1.54, 1.807) is 12.1 Å². The first-order chi connectivity index (χ1) is 14.7. The van der Waals surface area contributed by atoms with Gasteiger partial charge in [0.25, 0.3) is 5.56 Å². The maximum Gasteiger partial charge on any atom is 0.433 e. The summed E-state index contributed by atoms with van der Waals surface area (Å²) in [5.74, 6) is -0.255. The number of aliphatic carboxylic acids is 1. The number of nitrogens with zero attached hydrogens (tertiary/aromatic N) is 1. The van der Waals surface area contributed by atoms with Crippen LogP contribution in [0.1, 0.15) is 16.8 Å². The molecule has 0 fully saturated rings. The third-order valence-corrected chi connectivity index (χ3v) is 4.53. The molecule has 162 valence electrons. The van der Waals surface area contributed by atoms with Gasteiger partial charge in [-0.25, -0.2) is 9.48 Å². The molecule has 1 aliphatic rings. The maximum atomic E-state index is 13.7. The number of aromatic amines is 1. The van der Waals surface area contributed by atoms with E-state index in [0.717, 1.165) is 4.68 Å². The summed E-state index contributed by atoms with van der Waals surface area (Å²) in [6.45, 7) is -0.615. The highest BCUT2D eigenvalue weighted by Gasteiger charge is 2.38. The van der Waals surface area contributed by atoms with Gasteiger partial charge in [-0.2, -0.15) is 13.2 Å². The minimum absolute atomic E-state index is 0.0177. The Balaban J connectivity index is 1.73. The van der Waals surface area contributed by atoms with Gasteiger partial charge in [0.1, 0.15) is 11.4 Å². The molecule has 1 aromatic heterocycles. The first-order valence-electron chi connectivity index (χ1n) is 8.97. The van der Waals surface area contributed by atoms with Crippen LogP contribution < -0.4 is 19.8 Å². The van der Waals surface area contributed by atoms with Crippen molar-refractivity contribution < 1.29 is 37.3 Å². The molecule has 0 amide bonds. The average Bonchev–Trinajstić information content (AvgIpc) is 3.31. The number of rotatable bonds is 6. The molecule has 0 saturated carbocycles. The van der Waals surface area contributed by atoms with Gasteiger partial charge in [0, 0.05) is 12.5 Å². The quantitative estimate of drug-likeness (QED) is 0.616. The van der Waals surface area contributed by atoms with Crippen molar-refractivity contribution >= 4 is 5.97 Å². The molecule has 8 nitrogen and oxygen atoms in total. The number of fused-ring (bicyclic) bond motifs is 1. The van der Waals surface area contributed by atoms with Crippen molar-refractivity contribution in [2.45, 2.75) is 12.6 Å². The molecule has 0 bridgehead atoms. The van der Waals surface area contributed by atoms with Crippen LogP contribution in [0.4, 0.5) is 13.2 Å². The van der Waals surface area contributed by atoms with Gasteiger partial charge in [-0.15, -0.1) is 0 Å². The zero-order valence-electron chi connectivity index (χ0n) is 15.7. The largest absolute Gasteiger partial charge is 0.482 e. The summed E-state index contributed by atoms with van der Waals surface area (Å²) < 4.78 is 57.2. The molecule has 0 aliphatic carbocycles. The SMILES string of the molecule is O=C(O)COc1cccc(-n2[nH]c(C(F)(F)F)c(Cc3ccc4c(c3)OCO4)c2=O)c1. The van der Waals surface area contributed by atoms with Crippen LogP contribution >= 0.6 is 0 Å². The number of alkyl halides is 3. The first-order valence-corrected chi connectivity index (χ1v) is 8.97. The standard InChI is InChI=1S/C20H15F3N2O6/c21-20(22,23)18-14(6-11-4-5-15-16(7-11)31-10-30-15)19(28)25(24-18)12-2-1-3-13(8-12)29-9-17(26)27/h1-5,7-8,24H,6,9-10H2,(H,26,27). The minimum Gasteiger partial charge on any atom is -0.482 e. The van der Waals surface area contributed by atoms with Crippen molar-refractivity contribution in [2.24, 2.45) is 0 Å². The van der Waals surface area contributed by atoms with Crippen LogP contribution in [-0.2, 0) is 17.4 Å². The molecule has 0 radical (unpaired) electrons. The number of carboxylic acids is 1. The number of benzene rings is 2. The summed E-state index contributed by atoms with van der Waals surface area (Å²) in [7, 11) is 0. The predicted molar refractivity (Wildman–Crippen MR) is 99.9 cm³/mol. The van der Waals surface area contributed by atoms with E-state index < -0.39 is 35.6 Å². The van der Waals surface area contributed by atoms with E-state index >= 15 is 0 Å². The highest BCUT2D eigenvalue weighted by atomic mass is 19.4. The van der Waals surface area contributed by atoms with Crippen LogP contribution in [-0.4, -0.2) is 34.3 Å². The molecule has 11 heteroatoms. The maximum absolute atomic E-state index is 13.7. The van der Waals surface area contributed by atoms with Crippen LogP contribution in [0.2, 0.25) is 0 Å². The number of hydrogen-bond donors (Lipinski definition) is 2. The molecule has 2 N–H and O–H groups in total. The molecule has 2 heterocycles. The van der Waals surface area contributed by atoms with Crippen LogP contribution in [0.5, 0.6) is 17.2 Å². The molecule has 0 saturated heterocycles. The fourth-order valence-electron chi connectivity index (χ4n) is 3.16. The molecular weight excluding hydrogens is 421 g/mol. The number of nitrogens with one attached hydrogen (secondary N) is 1. The normalized spacial score (nSPS) is 12.7. The Morgan fingerprint density at radius 1 is 1.16 bits per heavy atom. The second kappa shape index (κ2) is 7.74. The Morgan fingerprint density at radius 3 is 2.68 bits per heavy atom. The van der Waals surface area contributed by atoms with Crippen LogP contribution in [0.3, 0.4) is 0 Å². The summed E-state index contributed by atoms with van der Waals surface area (Å²) >= 11 is 0. The fraction of sp³-hybridized carbons (Fsp3) is 0.200. The van der Waals surface area contributed by atoms with Gasteiger partial charge in [-0.05, 0) is 29.8 Å². The van der Waals surface area contributed by atoms with Crippen LogP contribution in [0.15, 0.2) is 47.3 Å².